The first kappa shape index (κ1) is 19.4. The summed E-state index contributed by atoms with van der Waals surface area (Å²) in [6.07, 6.45) is 1.83. The second-order valence-electron chi connectivity index (χ2n) is 7.57. The minimum absolute atomic E-state index is 0.0671. The van der Waals surface area contributed by atoms with Gasteiger partial charge in [-0.1, -0.05) is 38.1 Å². The monoisotopic (exact) mass is 366 g/mol. The number of hydrogen-bond acceptors (Lipinski definition) is 4. The van der Waals surface area contributed by atoms with Crippen molar-refractivity contribution < 1.29 is 4.79 Å². The lowest BCUT2D eigenvalue weighted by atomic mass is 9.98. The predicted molar refractivity (Wildman–Crippen MR) is 111 cm³/mol. The van der Waals surface area contributed by atoms with E-state index in [0.717, 1.165) is 43.2 Å². The summed E-state index contributed by atoms with van der Waals surface area (Å²) in [5, 5.41) is 3.19. The van der Waals surface area contributed by atoms with E-state index in [4.69, 9.17) is 0 Å². The molecule has 0 unspecified atom stereocenters. The number of carbonyl (C=O) groups excluding carboxylic acids is 1. The summed E-state index contributed by atoms with van der Waals surface area (Å²) < 4.78 is 0. The lowest BCUT2D eigenvalue weighted by Gasteiger charge is -2.38. The highest BCUT2D eigenvalue weighted by molar-refractivity contribution is 5.96. The lowest BCUT2D eigenvalue weighted by molar-refractivity contribution is -0.120. The first-order chi connectivity index (χ1) is 13.0. The van der Waals surface area contributed by atoms with E-state index in [2.05, 4.69) is 59.1 Å². The molecule has 1 aliphatic rings. The first-order valence-electron chi connectivity index (χ1n) is 9.77. The highest BCUT2D eigenvalue weighted by Gasteiger charge is 2.26. The van der Waals surface area contributed by atoms with Crippen LogP contribution in [-0.4, -0.2) is 48.0 Å². The van der Waals surface area contributed by atoms with Crippen LogP contribution in [0, 0.1) is 6.92 Å². The minimum atomic E-state index is -0.157. The first-order valence-corrected chi connectivity index (χ1v) is 9.77. The molecule has 1 N–H and O–H groups in total. The van der Waals surface area contributed by atoms with Gasteiger partial charge in [0.2, 0.25) is 5.91 Å². The van der Waals surface area contributed by atoms with Gasteiger partial charge in [-0.3, -0.25) is 9.69 Å². The molecule has 0 spiro atoms. The summed E-state index contributed by atoms with van der Waals surface area (Å²) in [5.74, 6) is 1.45. The molecule has 2 heterocycles. The molecule has 3 rings (SSSR count). The maximum Gasteiger partial charge on any atom is 0.241 e. The summed E-state index contributed by atoms with van der Waals surface area (Å²) >= 11 is 0. The quantitative estimate of drug-likeness (QED) is 0.877. The van der Waals surface area contributed by atoms with Gasteiger partial charge in [0.15, 0.2) is 0 Å². The van der Waals surface area contributed by atoms with E-state index in [-0.39, 0.29) is 11.9 Å². The molecule has 1 fully saturated rings. The maximum atomic E-state index is 12.9. The number of benzene rings is 1. The van der Waals surface area contributed by atoms with E-state index < -0.39 is 0 Å². The van der Waals surface area contributed by atoms with E-state index >= 15 is 0 Å². The Labute approximate surface area is 162 Å². The molecule has 2 aromatic rings. The molecular formula is C22H30N4O. The van der Waals surface area contributed by atoms with E-state index in [1.807, 2.05) is 31.3 Å². The standard InChI is InChI=1S/C22H30N4O/c1-16(2)19-9-7-8-17(3)21(19)24-22(27)18(4)25-12-14-26(15-13-25)20-10-5-6-11-23-20/h5-11,16,18H,12-15H2,1-4H3,(H,24,27)/t18-/m1/s1. The van der Waals surface area contributed by atoms with Crippen LogP contribution in [0.3, 0.4) is 0 Å². The van der Waals surface area contributed by atoms with Crippen molar-refractivity contribution in [1.29, 1.82) is 0 Å². The summed E-state index contributed by atoms with van der Waals surface area (Å²) in [7, 11) is 0. The Morgan fingerprint density at radius 2 is 1.78 bits per heavy atom. The highest BCUT2D eigenvalue weighted by atomic mass is 16.2. The average Bonchev–Trinajstić information content (AvgIpc) is 2.69. The normalized spacial score (nSPS) is 16.4. The van der Waals surface area contributed by atoms with Crippen molar-refractivity contribution >= 4 is 17.4 Å². The zero-order valence-electron chi connectivity index (χ0n) is 16.8. The van der Waals surface area contributed by atoms with Crippen molar-refractivity contribution in [2.45, 2.75) is 39.7 Å². The number of pyridine rings is 1. The van der Waals surface area contributed by atoms with E-state index in [1.165, 1.54) is 5.56 Å². The molecule has 1 amide bonds. The average molecular weight is 367 g/mol. The fourth-order valence-corrected chi connectivity index (χ4v) is 3.61. The second-order valence-corrected chi connectivity index (χ2v) is 7.57. The van der Waals surface area contributed by atoms with Crippen molar-refractivity contribution in [1.82, 2.24) is 9.88 Å². The van der Waals surface area contributed by atoms with Crippen LogP contribution >= 0.6 is 0 Å². The van der Waals surface area contributed by atoms with Crippen molar-refractivity contribution in [3.8, 4) is 0 Å². The second kappa shape index (κ2) is 8.53. The van der Waals surface area contributed by atoms with E-state index in [1.54, 1.807) is 0 Å². The van der Waals surface area contributed by atoms with Crippen molar-refractivity contribution in [3.05, 3.63) is 53.7 Å². The Bertz CT molecular complexity index is 767. The van der Waals surface area contributed by atoms with Gasteiger partial charge in [-0.15, -0.1) is 0 Å². The van der Waals surface area contributed by atoms with Gasteiger partial charge >= 0.3 is 0 Å². The van der Waals surface area contributed by atoms with Gasteiger partial charge in [0, 0.05) is 38.1 Å². The Kier molecular flexibility index (Phi) is 6.11. The largest absolute Gasteiger partial charge is 0.354 e. The van der Waals surface area contributed by atoms with Gasteiger partial charge in [-0.25, -0.2) is 4.98 Å². The summed E-state index contributed by atoms with van der Waals surface area (Å²) in [5.41, 5.74) is 3.27. The Balaban J connectivity index is 1.62. The topological polar surface area (TPSA) is 48.5 Å². The van der Waals surface area contributed by atoms with Crippen molar-refractivity contribution in [2.24, 2.45) is 0 Å². The number of anilines is 2. The Morgan fingerprint density at radius 1 is 1.04 bits per heavy atom. The molecule has 0 bridgehead atoms. The molecule has 27 heavy (non-hydrogen) atoms. The number of carbonyl (C=O) groups is 1. The molecular weight excluding hydrogens is 336 g/mol. The fraction of sp³-hybridized carbons (Fsp3) is 0.455. The molecule has 1 aromatic heterocycles. The number of nitrogens with zero attached hydrogens (tertiary/aromatic N) is 3. The molecule has 0 radical (unpaired) electrons. The summed E-state index contributed by atoms with van der Waals surface area (Å²) in [6, 6.07) is 12.0. The molecule has 5 nitrogen and oxygen atoms in total. The zero-order valence-corrected chi connectivity index (χ0v) is 16.8. The van der Waals surface area contributed by atoms with Crippen LogP contribution in [0.1, 0.15) is 37.8 Å². The van der Waals surface area contributed by atoms with Crippen molar-refractivity contribution in [2.75, 3.05) is 36.4 Å². The zero-order chi connectivity index (χ0) is 19.4. The molecule has 5 heteroatoms. The maximum absolute atomic E-state index is 12.9. The van der Waals surface area contributed by atoms with Crippen LogP contribution in [0.15, 0.2) is 42.6 Å². The number of rotatable bonds is 5. The Morgan fingerprint density at radius 3 is 2.41 bits per heavy atom. The van der Waals surface area contributed by atoms with Gasteiger partial charge in [0.1, 0.15) is 5.82 Å². The lowest BCUT2D eigenvalue weighted by Crippen LogP contribution is -2.53. The van der Waals surface area contributed by atoms with Crippen LogP contribution in [-0.2, 0) is 4.79 Å². The third-order valence-electron chi connectivity index (χ3n) is 5.39. The third kappa shape index (κ3) is 4.48. The van der Waals surface area contributed by atoms with Crippen LogP contribution in [0.4, 0.5) is 11.5 Å². The predicted octanol–water partition coefficient (Wildman–Crippen LogP) is 3.66. The third-order valence-corrected chi connectivity index (χ3v) is 5.39. The van der Waals surface area contributed by atoms with Crippen molar-refractivity contribution in [3.63, 3.8) is 0 Å². The van der Waals surface area contributed by atoms with Gasteiger partial charge in [0.05, 0.1) is 6.04 Å². The van der Waals surface area contributed by atoms with Crippen LogP contribution in [0.5, 0.6) is 0 Å². The highest BCUT2D eigenvalue weighted by Crippen LogP contribution is 2.27. The van der Waals surface area contributed by atoms with Crippen LogP contribution in [0.2, 0.25) is 0 Å². The number of aryl methyl sites for hydroxylation is 1. The van der Waals surface area contributed by atoms with E-state index in [9.17, 15) is 4.79 Å². The number of amides is 1. The number of nitrogens with one attached hydrogen (secondary N) is 1. The fourth-order valence-electron chi connectivity index (χ4n) is 3.61. The molecule has 144 valence electrons. The molecule has 0 saturated carbocycles. The van der Waals surface area contributed by atoms with Gasteiger partial charge in [-0.05, 0) is 43.0 Å². The Hall–Kier alpha value is -2.40. The molecule has 1 aliphatic heterocycles. The van der Waals surface area contributed by atoms with Crippen LogP contribution < -0.4 is 10.2 Å². The molecule has 1 aromatic carbocycles. The number of aromatic nitrogens is 1. The van der Waals surface area contributed by atoms with E-state index in [0.29, 0.717) is 5.92 Å². The molecule has 0 aliphatic carbocycles. The van der Waals surface area contributed by atoms with Gasteiger partial charge < -0.3 is 10.2 Å². The summed E-state index contributed by atoms with van der Waals surface area (Å²) in [6.45, 7) is 11.9. The summed E-state index contributed by atoms with van der Waals surface area (Å²) in [4.78, 5) is 21.9. The van der Waals surface area contributed by atoms with Gasteiger partial charge in [-0.2, -0.15) is 0 Å². The number of piperazine rings is 1. The number of hydrogen-bond donors (Lipinski definition) is 1. The number of para-hydroxylation sites is 1. The van der Waals surface area contributed by atoms with Gasteiger partial charge in [0.25, 0.3) is 0 Å². The molecule has 1 atom stereocenters. The minimum Gasteiger partial charge on any atom is -0.354 e. The molecule has 1 saturated heterocycles. The smallest absolute Gasteiger partial charge is 0.241 e. The SMILES string of the molecule is Cc1cccc(C(C)C)c1NC(=O)[C@@H](C)N1CCN(c2ccccn2)CC1. The van der Waals surface area contributed by atoms with Crippen LogP contribution in [0.25, 0.3) is 0 Å².